The summed E-state index contributed by atoms with van der Waals surface area (Å²) in [6, 6.07) is 18.7. The van der Waals surface area contributed by atoms with Crippen LogP contribution in [0, 0.1) is 10.1 Å². The van der Waals surface area contributed by atoms with Crippen LogP contribution in [0.5, 0.6) is 17.2 Å². The zero-order chi connectivity index (χ0) is 24.3. The van der Waals surface area contributed by atoms with Crippen LogP contribution in [-0.2, 0) is 17.8 Å². The van der Waals surface area contributed by atoms with Crippen molar-refractivity contribution in [1.29, 1.82) is 0 Å². The molecule has 0 aliphatic rings. The number of hydrazone groups is 1. The van der Waals surface area contributed by atoms with Gasteiger partial charge < -0.3 is 14.2 Å². The van der Waals surface area contributed by atoms with Crippen molar-refractivity contribution >= 4 is 17.8 Å². The van der Waals surface area contributed by atoms with Gasteiger partial charge >= 0.3 is 0 Å². The normalized spacial score (nSPS) is 10.6. The largest absolute Gasteiger partial charge is 0.497 e. The first-order chi connectivity index (χ1) is 16.5. The molecule has 0 aromatic heterocycles. The molecular weight excluding hydrogens is 438 g/mol. The summed E-state index contributed by atoms with van der Waals surface area (Å²) in [7, 11) is 1.59. The lowest BCUT2D eigenvalue weighted by Gasteiger charge is -2.12. The number of methoxy groups -OCH3 is 1. The second-order valence-electron chi connectivity index (χ2n) is 7.17. The molecule has 0 saturated carbocycles. The molecule has 0 unspecified atom stereocenters. The van der Waals surface area contributed by atoms with Crippen molar-refractivity contribution in [3.63, 3.8) is 0 Å². The molecule has 1 N–H and O–H groups in total. The van der Waals surface area contributed by atoms with Crippen molar-refractivity contribution in [2.24, 2.45) is 5.10 Å². The van der Waals surface area contributed by atoms with Gasteiger partial charge in [0.25, 0.3) is 5.69 Å². The topological polar surface area (TPSA) is 112 Å². The van der Waals surface area contributed by atoms with Crippen molar-refractivity contribution in [3.8, 4) is 17.2 Å². The molecule has 34 heavy (non-hydrogen) atoms. The minimum atomic E-state index is -0.445. The number of carbonyl (C=O) groups excluding carboxylic acids is 1. The molecule has 0 saturated heterocycles. The second kappa shape index (κ2) is 12.0. The zero-order valence-electron chi connectivity index (χ0n) is 18.9. The first kappa shape index (κ1) is 24.2. The highest BCUT2D eigenvalue weighted by Gasteiger charge is 2.09. The predicted octanol–water partition coefficient (Wildman–Crippen LogP) is 4.27. The molecule has 0 spiro atoms. The van der Waals surface area contributed by atoms with E-state index in [-0.39, 0.29) is 24.6 Å². The highest BCUT2D eigenvalue weighted by molar-refractivity contribution is 5.84. The van der Waals surface area contributed by atoms with Gasteiger partial charge in [-0.05, 0) is 66.1 Å². The Bertz CT molecular complexity index is 1140. The van der Waals surface area contributed by atoms with E-state index in [1.165, 1.54) is 18.3 Å². The molecule has 3 rings (SSSR count). The van der Waals surface area contributed by atoms with Crippen molar-refractivity contribution in [2.45, 2.75) is 20.0 Å². The standard InChI is InChI=1S/C25H25N3O6/c1-3-33-24-14-20(16-26-27-25(29)15-18-6-11-22(32-2)12-7-18)8-13-23(24)34-17-19-4-9-21(10-5-19)28(30)31/h4-14,16H,3,15,17H2,1-2H3,(H,27,29)/b26-16-. The lowest BCUT2D eigenvalue weighted by atomic mass is 10.1. The number of hydrogen-bond donors (Lipinski definition) is 1. The summed E-state index contributed by atoms with van der Waals surface area (Å²) in [5.41, 5.74) is 4.90. The van der Waals surface area contributed by atoms with Gasteiger partial charge in [0.05, 0.1) is 31.3 Å². The average Bonchev–Trinajstić information content (AvgIpc) is 2.84. The molecule has 3 aromatic rings. The summed E-state index contributed by atoms with van der Waals surface area (Å²) in [5, 5.41) is 14.8. The van der Waals surface area contributed by atoms with E-state index in [9.17, 15) is 14.9 Å². The summed E-state index contributed by atoms with van der Waals surface area (Å²) in [6.07, 6.45) is 1.72. The van der Waals surface area contributed by atoms with Crippen LogP contribution >= 0.6 is 0 Å². The van der Waals surface area contributed by atoms with Crippen LogP contribution in [0.15, 0.2) is 71.8 Å². The van der Waals surface area contributed by atoms with Crippen LogP contribution in [0.3, 0.4) is 0 Å². The van der Waals surface area contributed by atoms with Gasteiger partial charge in [0.1, 0.15) is 12.4 Å². The fourth-order valence-electron chi connectivity index (χ4n) is 3.01. The molecule has 9 heteroatoms. The molecule has 3 aromatic carbocycles. The van der Waals surface area contributed by atoms with Gasteiger partial charge in [0.15, 0.2) is 11.5 Å². The molecule has 0 bridgehead atoms. The van der Waals surface area contributed by atoms with E-state index in [0.29, 0.717) is 18.1 Å². The van der Waals surface area contributed by atoms with E-state index >= 15 is 0 Å². The predicted molar refractivity (Wildman–Crippen MR) is 127 cm³/mol. The maximum absolute atomic E-state index is 12.1. The van der Waals surface area contributed by atoms with E-state index in [1.54, 1.807) is 49.6 Å². The smallest absolute Gasteiger partial charge is 0.269 e. The summed E-state index contributed by atoms with van der Waals surface area (Å²) >= 11 is 0. The molecule has 0 fully saturated rings. The van der Waals surface area contributed by atoms with Crippen LogP contribution in [0.1, 0.15) is 23.6 Å². The van der Waals surface area contributed by atoms with Gasteiger partial charge in [-0.15, -0.1) is 0 Å². The average molecular weight is 463 g/mol. The monoisotopic (exact) mass is 463 g/mol. The van der Waals surface area contributed by atoms with Crippen LogP contribution in [-0.4, -0.2) is 30.8 Å². The number of carbonyl (C=O) groups is 1. The van der Waals surface area contributed by atoms with E-state index in [1.807, 2.05) is 19.1 Å². The van der Waals surface area contributed by atoms with Gasteiger partial charge in [0, 0.05) is 12.1 Å². The number of benzene rings is 3. The molecule has 0 aliphatic heterocycles. The highest BCUT2D eigenvalue weighted by atomic mass is 16.6. The molecule has 0 heterocycles. The van der Waals surface area contributed by atoms with Crippen LogP contribution < -0.4 is 19.6 Å². The van der Waals surface area contributed by atoms with Crippen LogP contribution in [0.25, 0.3) is 0 Å². The quantitative estimate of drug-likeness (QED) is 0.258. The zero-order valence-corrected chi connectivity index (χ0v) is 18.9. The maximum atomic E-state index is 12.1. The SMILES string of the molecule is CCOc1cc(/C=N\NC(=O)Cc2ccc(OC)cc2)ccc1OCc1ccc([N+](=O)[O-])cc1. The number of nitrogens with one attached hydrogen (secondary N) is 1. The Morgan fingerprint density at radius 1 is 1.00 bits per heavy atom. The van der Waals surface area contributed by atoms with E-state index < -0.39 is 4.92 Å². The van der Waals surface area contributed by atoms with E-state index in [0.717, 1.165) is 22.4 Å². The minimum Gasteiger partial charge on any atom is -0.497 e. The number of ether oxygens (including phenoxy) is 3. The molecule has 0 radical (unpaired) electrons. The van der Waals surface area contributed by atoms with Gasteiger partial charge in [-0.25, -0.2) is 5.43 Å². The number of nitro benzene ring substituents is 1. The fourth-order valence-corrected chi connectivity index (χ4v) is 3.01. The Morgan fingerprint density at radius 2 is 1.71 bits per heavy atom. The minimum absolute atomic E-state index is 0.0264. The lowest BCUT2D eigenvalue weighted by Crippen LogP contribution is -2.19. The van der Waals surface area contributed by atoms with Gasteiger partial charge in [0.2, 0.25) is 5.91 Å². The second-order valence-corrected chi connectivity index (χ2v) is 7.17. The first-order valence-electron chi connectivity index (χ1n) is 10.6. The third-order valence-electron chi connectivity index (χ3n) is 4.74. The number of rotatable bonds is 11. The Morgan fingerprint density at radius 3 is 2.35 bits per heavy atom. The number of amides is 1. The Balaban J connectivity index is 1.58. The molecule has 1 amide bonds. The third-order valence-corrected chi connectivity index (χ3v) is 4.74. The maximum Gasteiger partial charge on any atom is 0.269 e. The molecule has 0 atom stereocenters. The molecule has 176 valence electrons. The van der Waals surface area contributed by atoms with Gasteiger partial charge in [-0.2, -0.15) is 5.10 Å². The Hall–Kier alpha value is -4.40. The summed E-state index contributed by atoms with van der Waals surface area (Å²) in [4.78, 5) is 22.5. The lowest BCUT2D eigenvalue weighted by molar-refractivity contribution is -0.384. The van der Waals surface area contributed by atoms with Gasteiger partial charge in [-0.1, -0.05) is 12.1 Å². The van der Waals surface area contributed by atoms with E-state index in [2.05, 4.69) is 10.5 Å². The van der Waals surface area contributed by atoms with Crippen molar-refractivity contribution in [2.75, 3.05) is 13.7 Å². The van der Waals surface area contributed by atoms with Crippen molar-refractivity contribution < 1.29 is 23.9 Å². The van der Waals surface area contributed by atoms with Crippen molar-refractivity contribution in [1.82, 2.24) is 5.43 Å². The number of nitrogens with zero attached hydrogens (tertiary/aromatic N) is 2. The fraction of sp³-hybridized carbons (Fsp3) is 0.200. The number of hydrogen-bond acceptors (Lipinski definition) is 7. The van der Waals surface area contributed by atoms with Crippen LogP contribution in [0.2, 0.25) is 0 Å². The molecule has 0 aliphatic carbocycles. The Labute approximate surface area is 197 Å². The molecular formula is C25H25N3O6. The first-order valence-corrected chi connectivity index (χ1v) is 10.6. The third kappa shape index (κ3) is 7.06. The number of nitro groups is 1. The van der Waals surface area contributed by atoms with E-state index in [4.69, 9.17) is 14.2 Å². The summed E-state index contributed by atoms with van der Waals surface area (Å²) in [5.74, 6) is 1.54. The summed E-state index contributed by atoms with van der Waals surface area (Å²) < 4.78 is 16.6. The van der Waals surface area contributed by atoms with Gasteiger partial charge in [-0.3, -0.25) is 14.9 Å². The Kier molecular flexibility index (Phi) is 8.56. The van der Waals surface area contributed by atoms with Crippen LogP contribution in [0.4, 0.5) is 5.69 Å². The molecule has 9 nitrogen and oxygen atoms in total. The summed E-state index contributed by atoms with van der Waals surface area (Å²) in [6.45, 7) is 2.53. The highest BCUT2D eigenvalue weighted by Crippen LogP contribution is 2.29. The number of non-ortho nitro benzene ring substituents is 1. The van der Waals surface area contributed by atoms with Crippen molar-refractivity contribution in [3.05, 3.63) is 93.5 Å².